The van der Waals surface area contributed by atoms with E-state index in [0.29, 0.717) is 34.2 Å². The van der Waals surface area contributed by atoms with E-state index < -0.39 is 5.78 Å². The van der Waals surface area contributed by atoms with E-state index in [1.54, 1.807) is 18.5 Å². The van der Waals surface area contributed by atoms with Gasteiger partial charge in [-0.15, -0.1) is 0 Å². The Morgan fingerprint density at radius 2 is 2.00 bits per heavy atom. The van der Waals surface area contributed by atoms with Crippen molar-refractivity contribution in [2.45, 2.75) is 6.42 Å². The average Bonchev–Trinajstić information content (AvgIpc) is 3.11. The maximum atomic E-state index is 12.7. The van der Waals surface area contributed by atoms with Crippen LogP contribution in [0.25, 0.3) is 22.2 Å². The van der Waals surface area contributed by atoms with Crippen LogP contribution in [-0.4, -0.2) is 28.0 Å². The Balaban J connectivity index is 1.78. The molecule has 0 spiro atoms. The molecule has 1 aliphatic rings. The molecule has 156 valence electrons. The lowest BCUT2D eigenvalue weighted by atomic mass is 10.00. The van der Waals surface area contributed by atoms with Crippen LogP contribution in [-0.2, 0) is 0 Å². The SMILES string of the molecule is COc1c(-c2ccc(C#CC3=CC=CCC=C3)cc2)nc2ccncc2c1C(=O)/C=C/O. The van der Waals surface area contributed by atoms with Crippen molar-refractivity contribution >= 4 is 16.7 Å². The second-order valence-corrected chi connectivity index (χ2v) is 6.96. The highest BCUT2D eigenvalue weighted by molar-refractivity contribution is 6.16. The number of hydrogen-bond acceptors (Lipinski definition) is 5. The molecule has 2 aromatic heterocycles. The van der Waals surface area contributed by atoms with Gasteiger partial charge in [0.2, 0.25) is 0 Å². The van der Waals surface area contributed by atoms with Gasteiger partial charge in [0.15, 0.2) is 11.5 Å². The molecule has 0 saturated heterocycles. The maximum absolute atomic E-state index is 12.7. The first-order chi connectivity index (χ1) is 15.7. The minimum atomic E-state index is -0.396. The molecule has 3 aromatic rings. The highest BCUT2D eigenvalue weighted by Crippen LogP contribution is 2.36. The second-order valence-electron chi connectivity index (χ2n) is 6.96. The van der Waals surface area contributed by atoms with Crippen molar-refractivity contribution < 1.29 is 14.6 Å². The summed E-state index contributed by atoms with van der Waals surface area (Å²) in [7, 11) is 1.49. The van der Waals surface area contributed by atoms with Crippen LogP contribution in [0.1, 0.15) is 22.3 Å². The van der Waals surface area contributed by atoms with Crippen molar-refractivity contribution in [1.82, 2.24) is 9.97 Å². The van der Waals surface area contributed by atoms with Crippen LogP contribution in [0.15, 0.2) is 91.0 Å². The molecule has 0 amide bonds. The number of aliphatic hydroxyl groups excluding tert-OH is 1. The molecule has 1 aliphatic carbocycles. The first kappa shape index (κ1) is 20.8. The number of pyridine rings is 2. The Kier molecular flexibility index (Phi) is 6.24. The highest BCUT2D eigenvalue weighted by atomic mass is 16.5. The van der Waals surface area contributed by atoms with E-state index in [4.69, 9.17) is 14.8 Å². The number of fused-ring (bicyclic) bond motifs is 1. The lowest BCUT2D eigenvalue weighted by molar-refractivity contribution is 0.104. The molecular weight excluding hydrogens is 400 g/mol. The summed E-state index contributed by atoms with van der Waals surface area (Å²) in [6, 6.07) is 9.35. The van der Waals surface area contributed by atoms with Gasteiger partial charge in [-0.25, -0.2) is 4.98 Å². The Bertz CT molecular complexity index is 1350. The summed E-state index contributed by atoms with van der Waals surface area (Å²) in [5, 5.41) is 9.67. The van der Waals surface area contributed by atoms with Crippen LogP contribution in [0.4, 0.5) is 0 Å². The van der Waals surface area contributed by atoms with Crippen molar-refractivity contribution in [1.29, 1.82) is 0 Å². The van der Waals surface area contributed by atoms with E-state index in [2.05, 4.69) is 29.0 Å². The summed E-state index contributed by atoms with van der Waals surface area (Å²) in [6.07, 6.45) is 16.0. The number of carbonyl (C=O) groups excluding carboxylic acids is 1. The van der Waals surface area contributed by atoms with E-state index >= 15 is 0 Å². The number of rotatable bonds is 4. The zero-order valence-electron chi connectivity index (χ0n) is 17.4. The number of nitrogens with zero attached hydrogens (tertiary/aromatic N) is 2. The van der Waals surface area contributed by atoms with Gasteiger partial charge in [0.05, 0.1) is 24.5 Å². The molecule has 0 bridgehead atoms. The molecule has 5 nitrogen and oxygen atoms in total. The lowest BCUT2D eigenvalue weighted by Crippen LogP contribution is -2.05. The number of ketones is 1. The highest BCUT2D eigenvalue weighted by Gasteiger charge is 2.21. The van der Waals surface area contributed by atoms with Gasteiger partial charge in [-0.3, -0.25) is 9.78 Å². The number of carbonyl (C=O) groups is 1. The Morgan fingerprint density at radius 1 is 1.16 bits per heavy atom. The molecule has 32 heavy (non-hydrogen) atoms. The van der Waals surface area contributed by atoms with Gasteiger partial charge >= 0.3 is 0 Å². The molecule has 0 saturated carbocycles. The first-order valence-electron chi connectivity index (χ1n) is 10.0. The summed E-state index contributed by atoms with van der Waals surface area (Å²) in [5.41, 5.74) is 4.03. The van der Waals surface area contributed by atoms with E-state index in [1.165, 1.54) is 7.11 Å². The third-order valence-corrected chi connectivity index (χ3v) is 4.91. The van der Waals surface area contributed by atoms with Gasteiger partial charge in [-0.2, -0.15) is 0 Å². The van der Waals surface area contributed by atoms with Gasteiger partial charge in [-0.05, 0) is 30.7 Å². The van der Waals surface area contributed by atoms with Crippen LogP contribution in [0, 0.1) is 11.8 Å². The fourth-order valence-corrected chi connectivity index (χ4v) is 3.40. The normalized spacial score (nSPS) is 12.8. The number of allylic oxidation sites excluding steroid dienone is 7. The van der Waals surface area contributed by atoms with Crippen molar-refractivity contribution in [3.05, 3.63) is 102 Å². The van der Waals surface area contributed by atoms with Crippen LogP contribution >= 0.6 is 0 Å². The van der Waals surface area contributed by atoms with E-state index in [1.807, 2.05) is 42.5 Å². The number of methoxy groups -OCH3 is 1. The quantitative estimate of drug-likeness (QED) is 0.266. The molecule has 0 radical (unpaired) electrons. The van der Waals surface area contributed by atoms with E-state index in [9.17, 15) is 4.79 Å². The number of hydrogen-bond donors (Lipinski definition) is 1. The second kappa shape index (κ2) is 9.59. The van der Waals surface area contributed by atoms with Gasteiger partial charge < -0.3 is 9.84 Å². The first-order valence-corrected chi connectivity index (χ1v) is 10.0. The summed E-state index contributed by atoms with van der Waals surface area (Å²) >= 11 is 0. The lowest BCUT2D eigenvalue weighted by Gasteiger charge is -2.14. The molecule has 1 N–H and O–H groups in total. The third kappa shape index (κ3) is 4.35. The Labute approximate surface area is 186 Å². The minimum Gasteiger partial charge on any atom is -0.515 e. The fourth-order valence-electron chi connectivity index (χ4n) is 3.40. The predicted molar refractivity (Wildman–Crippen MR) is 125 cm³/mol. The van der Waals surface area contributed by atoms with Gasteiger partial charge in [0, 0.05) is 40.6 Å². The topological polar surface area (TPSA) is 72.3 Å². The molecule has 0 unspecified atom stereocenters. The number of ether oxygens (including phenoxy) is 1. The smallest absolute Gasteiger partial charge is 0.193 e. The molecule has 0 fully saturated rings. The molecule has 0 aliphatic heterocycles. The van der Waals surface area contributed by atoms with Crippen molar-refractivity contribution in [3.8, 4) is 28.8 Å². The van der Waals surface area contributed by atoms with Gasteiger partial charge in [-0.1, -0.05) is 48.3 Å². The standard InChI is InChI=1S/C27H20N2O3/c1-32-27-25(24(31)15-17-30)22-18-28-16-14-23(22)29-26(27)21-12-10-20(11-13-21)9-8-19-6-4-2-3-5-7-19/h2,4-7,10-18,30H,3H2,1H3/b17-15+. The predicted octanol–water partition coefficient (Wildman–Crippen LogP) is 5.35. The molecule has 2 heterocycles. The van der Waals surface area contributed by atoms with Crippen molar-refractivity contribution in [2.24, 2.45) is 0 Å². The van der Waals surface area contributed by atoms with E-state index in [0.717, 1.165) is 29.2 Å². The van der Waals surface area contributed by atoms with Gasteiger partial charge in [0.1, 0.15) is 5.69 Å². The largest absolute Gasteiger partial charge is 0.515 e. The zero-order valence-corrected chi connectivity index (χ0v) is 17.4. The summed E-state index contributed by atoms with van der Waals surface area (Å²) in [4.78, 5) is 21.5. The van der Waals surface area contributed by atoms with Crippen LogP contribution < -0.4 is 4.74 Å². The summed E-state index contributed by atoms with van der Waals surface area (Å²) in [5.74, 6) is 6.27. The monoisotopic (exact) mass is 420 g/mol. The van der Waals surface area contributed by atoms with Crippen LogP contribution in [0.5, 0.6) is 5.75 Å². The Morgan fingerprint density at radius 3 is 2.78 bits per heavy atom. The van der Waals surface area contributed by atoms with Gasteiger partial charge in [0.25, 0.3) is 0 Å². The molecular formula is C27H20N2O3. The fraction of sp³-hybridized carbons (Fsp3) is 0.0741. The number of aromatic nitrogens is 2. The molecule has 1 aromatic carbocycles. The summed E-state index contributed by atoms with van der Waals surface area (Å²) < 4.78 is 5.60. The zero-order chi connectivity index (χ0) is 22.3. The van der Waals surface area contributed by atoms with Crippen LogP contribution in [0.2, 0.25) is 0 Å². The maximum Gasteiger partial charge on any atom is 0.193 e. The van der Waals surface area contributed by atoms with E-state index in [-0.39, 0.29) is 0 Å². The number of aliphatic hydroxyl groups is 1. The molecule has 4 rings (SSSR count). The number of benzene rings is 1. The third-order valence-electron chi connectivity index (χ3n) is 4.91. The average molecular weight is 420 g/mol. The minimum absolute atomic E-state index is 0.301. The summed E-state index contributed by atoms with van der Waals surface area (Å²) in [6.45, 7) is 0. The van der Waals surface area contributed by atoms with Crippen molar-refractivity contribution in [3.63, 3.8) is 0 Å². The molecule has 5 heteroatoms. The Hall–Kier alpha value is -4.43. The van der Waals surface area contributed by atoms with Crippen molar-refractivity contribution in [2.75, 3.05) is 7.11 Å². The molecule has 0 atom stereocenters. The van der Waals surface area contributed by atoms with Crippen LogP contribution in [0.3, 0.4) is 0 Å².